The lowest BCUT2D eigenvalue weighted by Crippen LogP contribution is -2.11. The van der Waals surface area contributed by atoms with Crippen LogP contribution in [-0.2, 0) is 14.3 Å². The Hall–Kier alpha value is -1.12. The van der Waals surface area contributed by atoms with Crippen LogP contribution in [0.3, 0.4) is 0 Å². The fraction of sp³-hybridized carbons (Fsp3) is 0.800. The van der Waals surface area contributed by atoms with E-state index in [1.54, 1.807) is 0 Å². The van der Waals surface area contributed by atoms with Crippen LogP contribution < -0.4 is 0 Å². The highest BCUT2D eigenvalue weighted by Gasteiger charge is 2.09. The van der Waals surface area contributed by atoms with Crippen LogP contribution in [0.1, 0.15) is 103 Å². The molecule has 1 aliphatic rings. The smallest absolute Gasteiger partial charge is 0.313 e. The zero-order valence-electron chi connectivity index (χ0n) is 14.7. The van der Waals surface area contributed by atoms with E-state index in [1.807, 2.05) is 6.08 Å². The first-order valence-corrected chi connectivity index (χ1v) is 9.67. The van der Waals surface area contributed by atoms with Crippen LogP contribution in [0.25, 0.3) is 0 Å². The number of cyclic esters (lactones) is 2. The molecule has 0 aliphatic carbocycles. The average molecular weight is 322 g/mol. The van der Waals surface area contributed by atoms with E-state index in [2.05, 4.69) is 6.08 Å². The molecule has 0 spiro atoms. The number of hydrogen-bond donors (Lipinski definition) is 0. The van der Waals surface area contributed by atoms with Crippen molar-refractivity contribution in [1.82, 2.24) is 0 Å². The van der Waals surface area contributed by atoms with Gasteiger partial charge in [-0.2, -0.15) is 0 Å². The summed E-state index contributed by atoms with van der Waals surface area (Å²) in [4.78, 5) is 23.1. The summed E-state index contributed by atoms with van der Waals surface area (Å²) in [5.41, 5.74) is 0. The number of hydrogen-bond acceptors (Lipinski definition) is 3. The van der Waals surface area contributed by atoms with Crippen molar-refractivity contribution in [2.45, 2.75) is 103 Å². The van der Waals surface area contributed by atoms with Crippen molar-refractivity contribution in [3.05, 3.63) is 12.2 Å². The van der Waals surface area contributed by atoms with Crippen LogP contribution >= 0.6 is 0 Å². The summed E-state index contributed by atoms with van der Waals surface area (Å²) >= 11 is 0. The summed E-state index contributed by atoms with van der Waals surface area (Å²) in [5.74, 6) is -0.740. The molecule has 23 heavy (non-hydrogen) atoms. The number of ether oxygens (including phenoxy) is 1. The second kappa shape index (κ2) is 14.5. The van der Waals surface area contributed by atoms with Crippen LogP contribution in [0.15, 0.2) is 12.2 Å². The summed E-state index contributed by atoms with van der Waals surface area (Å²) in [5, 5.41) is 0. The van der Waals surface area contributed by atoms with Crippen molar-refractivity contribution >= 4 is 11.9 Å². The molecule has 1 rings (SSSR count). The van der Waals surface area contributed by atoms with Crippen molar-refractivity contribution in [2.24, 2.45) is 0 Å². The highest BCUT2D eigenvalue weighted by Crippen LogP contribution is 2.13. The van der Waals surface area contributed by atoms with E-state index in [-0.39, 0.29) is 11.9 Å². The molecule has 3 heteroatoms. The molecular weight excluding hydrogens is 288 g/mol. The van der Waals surface area contributed by atoms with Gasteiger partial charge >= 0.3 is 11.9 Å². The Morgan fingerprint density at radius 3 is 1.57 bits per heavy atom. The molecule has 0 saturated heterocycles. The van der Waals surface area contributed by atoms with Gasteiger partial charge in [-0.15, -0.1) is 0 Å². The lowest BCUT2D eigenvalue weighted by molar-refractivity contribution is -0.159. The molecule has 0 atom stereocenters. The maximum absolute atomic E-state index is 11.5. The van der Waals surface area contributed by atoms with Gasteiger partial charge in [-0.05, 0) is 25.7 Å². The summed E-state index contributed by atoms with van der Waals surface area (Å²) in [6.45, 7) is 0. The van der Waals surface area contributed by atoms with E-state index < -0.39 is 0 Å². The van der Waals surface area contributed by atoms with Gasteiger partial charge in [-0.3, -0.25) is 9.59 Å². The van der Waals surface area contributed by atoms with Gasteiger partial charge in [0, 0.05) is 12.8 Å². The molecule has 0 radical (unpaired) electrons. The third kappa shape index (κ3) is 13.1. The summed E-state index contributed by atoms with van der Waals surface area (Å²) < 4.78 is 4.84. The Labute approximate surface area is 141 Å². The molecule has 0 aromatic carbocycles. The summed E-state index contributed by atoms with van der Waals surface area (Å²) in [6, 6.07) is 0. The number of rotatable bonds is 0. The number of allylic oxidation sites excluding steroid dienone is 2. The molecule has 132 valence electrons. The molecular formula is C20H34O3. The summed E-state index contributed by atoms with van der Waals surface area (Å²) in [6.07, 6.45) is 21.7. The number of esters is 2. The first kappa shape index (κ1) is 19.9. The van der Waals surface area contributed by atoms with E-state index in [0.29, 0.717) is 19.3 Å². The highest BCUT2D eigenvalue weighted by molar-refractivity contribution is 5.85. The van der Waals surface area contributed by atoms with E-state index in [1.165, 1.54) is 64.2 Å². The van der Waals surface area contributed by atoms with Crippen LogP contribution in [-0.4, -0.2) is 11.9 Å². The fourth-order valence-electron chi connectivity index (χ4n) is 2.97. The van der Waals surface area contributed by atoms with Crippen LogP contribution in [0.2, 0.25) is 0 Å². The zero-order chi connectivity index (χ0) is 16.6. The number of carbonyl (C=O) groups is 2. The zero-order valence-corrected chi connectivity index (χ0v) is 14.7. The molecule has 0 aromatic heterocycles. The largest absolute Gasteiger partial charge is 0.393 e. The fourth-order valence-corrected chi connectivity index (χ4v) is 2.97. The second-order valence-corrected chi connectivity index (χ2v) is 6.64. The SMILES string of the molecule is O=C1CC/C=C\CCCCCCCCCCCCCCC(=O)O1. The predicted octanol–water partition coefficient (Wildman–Crippen LogP) is 5.87. The van der Waals surface area contributed by atoms with Gasteiger partial charge in [0.2, 0.25) is 0 Å². The van der Waals surface area contributed by atoms with Crippen LogP contribution in [0.5, 0.6) is 0 Å². The lowest BCUT2D eigenvalue weighted by Gasteiger charge is -2.03. The molecule has 0 aromatic rings. The second-order valence-electron chi connectivity index (χ2n) is 6.64. The standard InChI is InChI=1S/C20H34O3/c21-19-17-15-13-11-9-7-5-3-1-2-4-6-8-10-12-14-16-18-20(22)23-19/h11,13H,1-10,12,14-18H2/b13-11-. The first-order chi connectivity index (χ1) is 11.3. The van der Waals surface area contributed by atoms with Crippen molar-refractivity contribution < 1.29 is 14.3 Å². The Balaban J connectivity index is 2.24. The lowest BCUT2D eigenvalue weighted by atomic mass is 10.0. The van der Waals surface area contributed by atoms with Crippen molar-refractivity contribution in [1.29, 1.82) is 0 Å². The maximum Gasteiger partial charge on any atom is 0.313 e. The van der Waals surface area contributed by atoms with Crippen LogP contribution in [0, 0.1) is 0 Å². The predicted molar refractivity (Wildman–Crippen MR) is 94.1 cm³/mol. The van der Waals surface area contributed by atoms with E-state index >= 15 is 0 Å². The van der Waals surface area contributed by atoms with Crippen molar-refractivity contribution in [3.63, 3.8) is 0 Å². The minimum atomic E-state index is -0.384. The Morgan fingerprint density at radius 1 is 0.522 bits per heavy atom. The van der Waals surface area contributed by atoms with Gasteiger partial charge in [0.05, 0.1) is 0 Å². The Morgan fingerprint density at radius 2 is 0.957 bits per heavy atom. The molecule has 1 heterocycles. The molecule has 0 saturated carbocycles. The molecule has 1 aliphatic heterocycles. The molecule has 3 nitrogen and oxygen atoms in total. The summed E-state index contributed by atoms with van der Waals surface area (Å²) in [7, 11) is 0. The van der Waals surface area contributed by atoms with E-state index in [4.69, 9.17) is 4.74 Å². The Bertz CT molecular complexity index is 347. The van der Waals surface area contributed by atoms with Crippen LogP contribution in [0.4, 0.5) is 0 Å². The first-order valence-electron chi connectivity index (χ1n) is 9.67. The molecule has 0 amide bonds. The van der Waals surface area contributed by atoms with Gasteiger partial charge in [0.1, 0.15) is 0 Å². The molecule has 0 N–H and O–H groups in total. The van der Waals surface area contributed by atoms with Crippen molar-refractivity contribution in [3.8, 4) is 0 Å². The van der Waals surface area contributed by atoms with Gasteiger partial charge < -0.3 is 4.74 Å². The third-order valence-corrected chi connectivity index (χ3v) is 4.41. The van der Waals surface area contributed by atoms with Gasteiger partial charge in [-0.25, -0.2) is 0 Å². The average Bonchev–Trinajstić information content (AvgIpc) is 2.53. The highest BCUT2D eigenvalue weighted by atomic mass is 16.6. The molecule has 0 fully saturated rings. The number of carbonyl (C=O) groups excluding carboxylic acids is 2. The Kier molecular flexibility index (Phi) is 12.5. The normalized spacial score (nSPS) is 23.5. The topological polar surface area (TPSA) is 43.4 Å². The molecule has 0 bridgehead atoms. The van der Waals surface area contributed by atoms with E-state index in [9.17, 15) is 9.59 Å². The monoisotopic (exact) mass is 322 g/mol. The minimum Gasteiger partial charge on any atom is -0.393 e. The van der Waals surface area contributed by atoms with E-state index in [0.717, 1.165) is 19.3 Å². The quantitative estimate of drug-likeness (QED) is 0.318. The molecule has 0 unspecified atom stereocenters. The van der Waals surface area contributed by atoms with Gasteiger partial charge in [0.25, 0.3) is 0 Å². The van der Waals surface area contributed by atoms with Gasteiger partial charge in [0.15, 0.2) is 0 Å². The third-order valence-electron chi connectivity index (χ3n) is 4.41. The van der Waals surface area contributed by atoms with Gasteiger partial charge in [-0.1, -0.05) is 76.4 Å². The van der Waals surface area contributed by atoms with Crippen molar-refractivity contribution in [2.75, 3.05) is 0 Å². The minimum absolute atomic E-state index is 0.308. The maximum atomic E-state index is 11.5.